The van der Waals surface area contributed by atoms with Crippen LogP contribution in [0.25, 0.3) is 0 Å². The third kappa shape index (κ3) is 3.55. The van der Waals surface area contributed by atoms with E-state index in [1.54, 1.807) is 0 Å². The molecule has 3 atom stereocenters. The quantitative estimate of drug-likeness (QED) is 0.418. The van der Waals surface area contributed by atoms with Gasteiger partial charge in [0.15, 0.2) is 0 Å². The zero-order valence-corrected chi connectivity index (χ0v) is 9.41. The highest BCUT2D eigenvalue weighted by Crippen LogP contribution is 2.19. The Kier molecular flexibility index (Phi) is 4.67. The Morgan fingerprint density at radius 1 is 1.47 bits per heavy atom. The number of amides is 3. The maximum Gasteiger partial charge on any atom is 0.315 e. The van der Waals surface area contributed by atoms with Crippen molar-refractivity contribution in [2.24, 2.45) is 17.2 Å². The van der Waals surface area contributed by atoms with Gasteiger partial charge in [-0.3, -0.25) is 4.79 Å². The van der Waals surface area contributed by atoms with Crippen LogP contribution < -0.4 is 17.2 Å². The van der Waals surface area contributed by atoms with E-state index in [9.17, 15) is 14.7 Å². The predicted molar refractivity (Wildman–Crippen MR) is 58.7 cm³/mol. The molecule has 0 aromatic carbocycles. The minimum absolute atomic E-state index is 0.0548. The van der Waals surface area contributed by atoms with Gasteiger partial charge in [0.25, 0.3) is 0 Å². The number of aliphatic hydroxyl groups excluding tert-OH is 1. The van der Waals surface area contributed by atoms with Gasteiger partial charge in [-0.25, -0.2) is 4.79 Å². The Morgan fingerprint density at radius 3 is 2.53 bits per heavy atom. The molecular weight excluding hydrogens is 228 g/mol. The standard InChI is InChI=1S/C9H18N4O4/c10-2-5(14)4-17-6-1-7(8(11)15)13(3-6)9(12)16/h5-7,14H,1-4,10H2,(H2,11,15)(H2,12,16)/t5?,6-,7-/m1/s1. The highest BCUT2D eigenvalue weighted by atomic mass is 16.5. The molecule has 8 heteroatoms. The molecule has 0 aliphatic carbocycles. The van der Waals surface area contributed by atoms with E-state index in [1.165, 1.54) is 4.90 Å². The average molecular weight is 246 g/mol. The van der Waals surface area contributed by atoms with Crippen LogP contribution in [0.4, 0.5) is 4.79 Å². The molecule has 0 bridgehead atoms. The van der Waals surface area contributed by atoms with Gasteiger partial charge in [-0.05, 0) is 0 Å². The maximum atomic E-state index is 11.1. The van der Waals surface area contributed by atoms with Crippen molar-refractivity contribution in [1.29, 1.82) is 0 Å². The summed E-state index contributed by atoms with van der Waals surface area (Å²) < 4.78 is 5.33. The van der Waals surface area contributed by atoms with Gasteiger partial charge in [0.1, 0.15) is 6.04 Å². The molecule has 1 aliphatic heterocycles. The minimum atomic E-state index is -0.760. The van der Waals surface area contributed by atoms with Crippen LogP contribution in [0, 0.1) is 0 Å². The van der Waals surface area contributed by atoms with Crippen LogP contribution in [-0.4, -0.2) is 59.9 Å². The number of carbonyl (C=O) groups excluding carboxylic acids is 2. The molecule has 0 saturated carbocycles. The van der Waals surface area contributed by atoms with Crippen LogP contribution in [0.1, 0.15) is 6.42 Å². The Hall–Kier alpha value is -1.38. The largest absolute Gasteiger partial charge is 0.389 e. The lowest BCUT2D eigenvalue weighted by Crippen LogP contribution is -2.46. The van der Waals surface area contributed by atoms with Crippen molar-refractivity contribution in [3.63, 3.8) is 0 Å². The lowest BCUT2D eigenvalue weighted by Gasteiger charge is -2.18. The summed E-state index contributed by atoms with van der Waals surface area (Å²) in [4.78, 5) is 23.3. The van der Waals surface area contributed by atoms with E-state index in [-0.39, 0.29) is 32.2 Å². The fourth-order valence-electron chi connectivity index (χ4n) is 1.75. The van der Waals surface area contributed by atoms with E-state index >= 15 is 0 Å². The highest BCUT2D eigenvalue weighted by Gasteiger charge is 2.38. The van der Waals surface area contributed by atoms with E-state index in [4.69, 9.17) is 21.9 Å². The average Bonchev–Trinajstić information content (AvgIpc) is 2.70. The molecule has 0 radical (unpaired) electrons. The number of hydrogen-bond acceptors (Lipinski definition) is 5. The number of aliphatic hydroxyl groups is 1. The molecule has 1 saturated heterocycles. The summed E-state index contributed by atoms with van der Waals surface area (Å²) in [5, 5.41) is 9.22. The lowest BCUT2D eigenvalue weighted by atomic mass is 10.2. The second-order valence-corrected chi connectivity index (χ2v) is 3.99. The van der Waals surface area contributed by atoms with Crippen molar-refractivity contribution in [3.8, 4) is 0 Å². The number of nitrogens with two attached hydrogens (primary N) is 3. The van der Waals surface area contributed by atoms with Crippen molar-refractivity contribution in [2.75, 3.05) is 19.7 Å². The van der Waals surface area contributed by atoms with Crippen LogP contribution in [0.2, 0.25) is 0 Å². The summed E-state index contributed by atoms with van der Waals surface area (Å²) in [5.41, 5.74) is 15.5. The number of likely N-dealkylation sites (tertiary alicyclic amines) is 1. The monoisotopic (exact) mass is 246 g/mol. The van der Waals surface area contributed by atoms with Crippen LogP contribution in [-0.2, 0) is 9.53 Å². The van der Waals surface area contributed by atoms with E-state index in [0.717, 1.165) is 0 Å². The van der Waals surface area contributed by atoms with Gasteiger partial charge in [0, 0.05) is 19.5 Å². The number of nitrogens with zero attached hydrogens (tertiary/aromatic N) is 1. The number of primary amides is 2. The van der Waals surface area contributed by atoms with E-state index < -0.39 is 24.1 Å². The second-order valence-electron chi connectivity index (χ2n) is 3.99. The molecule has 1 unspecified atom stereocenters. The summed E-state index contributed by atoms with van der Waals surface area (Å²) in [6.45, 7) is 0.338. The summed E-state index contributed by atoms with van der Waals surface area (Å²) >= 11 is 0. The normalized spacial score (nSPS) is 25.9. The fraction of sp³-hybridized carbons (Fsp3) is 0.778. The molecule has 0 aromatic rings. The smallest absolute Gasteiger partial charge is 0.315 e. The molecule has 1 fully saturated rings. The Bertz CT molecular complexity index is 277. The van der Waals surface area contributed by atoms with Crippen molar-refractivity contribution in [1.82, 2.24) is 4.90 Å². The Labute approximate surface area is 98.7 Å². The van der Waals surface area contributed by atoms with Crippen molar-refractivity contribution >= 4 is 11.9 Å². The van der Waals surface area contributed by atoms with Crippen molar-refractivity contribution in [2.45, 2.75) is 24.7 Å². The first-order valence-corrected chi connectivity index (χ1v) is 5.30. The van der Waals surface area contributed by atoms with Gasteiger partial charge in [-0.1, -0.05) is 0 Å². The molecule has 0 aromatic heterocycles. The fourth-order valence-corrected chi connectivity index (χ4v) is 1.75. The zero-order valence-electron chi connectivity index (χ0n) is 9.41. The highest BCUT2D eigenvalue weighted by molar-refractivity contribution is 5.86. The number of hydrogen-bond donors (Lipinski definition) is 4. The van der Waals surface area contributed by atoms with Gasteiger partial charge in [0.2, 0.25) is 5.91 Å². The van der Waals surface area contributed by atoms with E-state index in [0.29, 0.717) is 0 Å². The Morgan fingerprint density at radius 2 is 2.12 bits per heavy atom. The van der Waals surface area contributed by atoms with Crippen molar-refractivity contribution < 1.29 is 19.4 Å². The molecule has 7 N–H and O–H groups in total. The van der Waals surface area contributed by atoms with Gasteiger partial charge < -0.3 is 31.9 Å². The maximum absolute atomic E-state index is 11.1. The lowest BCUT2D eigenvalue weighted by molar-refractivity contribution is -0.121. The van der Waals surface area contributed by atoms with E-state index in [2.05, 4.69) is 0 Å². The summed E-state index contributed by atoms with van der Waals surface area (Å²) in [6.07, 6.45) is -0.832. The molecule has 1 rings (SSSR count). The summed E-state index contributed by atoms with van der Waals surface area (Å²) in [7, 11) is 0. The molecule has 1 heterocycles. The van der Waals surface area contributed by atoms with Crippen LogP contribution >= 0.6 is 0 Å². The molecule has 98 valence electrons. The van der Waals surface area contributed by atoms with E-state index in [1.807, 2.05) is 0 Å². The van der Waals surface area contributed by atoms with Gasteiger partial charge in [0.05, 0.1) is 18.8 Å². The third-order valence-corrected chi connectivity index (χ3v) is 2.67. The van der Waals surface area contributed by atoms with Crippen molar-refractivity contribution in [3.05, 3.63) is 0 Å². The first-order chi connectivity index (χ1) is 7.95. The predicted octanol–water partition coefficient (Wildman–Crippen LogP) is -2.67. The number of ether oxygens (including phenoxy) is 1. The molecule has 3 amide bonds. The minimum Gasteiger partial charge on any atom is -0.389 e. The molecular formula is C9H18N4O4. The number of urea groups is 1. The first-order valence-electron chi connectivity index (χ1n) is 5.30. The van der Waals surface area contributed by atoms with Crippen LogP contribution in [0.5, 0.6) is 0 Å². The van der Waals surface area contributed by atoms with Gasteiger partial charge >= 0.3 is 6.03 Å². The topological polar surface area (TPSA) is 145 Å². The zero-order chi connectivity index (χ0) is 13.0. The molecule has 8 nitrogen and oxygen atoms in total. The van der Waals surface area contributed by atoms with Gasteiger partial charge in [-0.15, -0.1) is 0 Å². The van der Waals surface area contributed by atoms with Crippen LogP contribution in [0.3, 0.4) is 0 Å². The van der Waals surface area contributed by atoms with Gasteiger partial charge in [-0.2, -0.15) is 0 Å². The molecule has 1 aliphatic rings. The Balaban J connectivity index is 2.51. The summed E-state index contributed by atoms with van der Waals surface area (Å²) in [6, 6.07) is -1.45. The molecule has 0 spiro atoms. The number of rotatable bonds is 5. The second kappa shape index (κ2) is 5.80. The third-order valence-electron chi connectivity index (χ3n) is 2.67. The number of carbonyl (C=O) groups is 2. The first kappa shape index (κ1) is 13.7. The summed E-state index contributed by atoms with van der Waals surface area (Å²) in [5.74, 6) is -0.616. The molecule has 17 heavy (non-hydrogen) atoms. The SMILES string of the molecule is NCC(O)CO[C@@H]1C[C@H](C(N)=O)N(C(N)=O)C1. The van der Waals surface area contributed by atoms with Crippen LogP contribution in [0.15, 0.2) is 0 Å².